The van der Waals surface area contributed by atoms with Gasteiger partial charge < -0.3 is 28.6 Å². The summed E-state index contributed by atoms with van der Waals surface area (Å²) >= 11 is 0. The number of carboxylic acids is 1. The highest BCUT2D eigenvalue weighted by Crippen LogP contribution is 2.12. The zero-order chi connectivity index (χ0) is 37.1. The molecule has 0 amide bonds. The van der Waals surface area contributed by atoms with Crippen LogP contribution in [0.1, 0.15) is 136 Å². The Morgan fingerprint density at radius 3 is 1.56 bits per heavy atom. The van der Waals surface area contributed by atoms with Crippen LogP contribution in [0.3, 0.4) is 0 Å². The van der Waals surface area contributed by atoms with Gasteiger partial charge in [0.25, 0.3) is 0 Å². The maximum Gasteiger partial charge on any atom is 0.306 e. The number of likely N-dealkylation sites (N-methyl/N-ethyl adjacent to an activating group) is 1. The van der Waals surface area contributed by atoms with Crippen LogP contribution in [-0.4, -0.2) is 75.5 Å². The summed E-state index contributed by atoms with van der Waals surface area (Å²) in [4.78, 5) is 36.7. The highest BCUT2D eigenvalue weighted by atomic mass is 16.6. The summed E-state index contributed by atoms with van der Waals surface area (Å²) in [5.74, 6) is -1.80. The predicted octanol–water partition coefficient (Wildman–Crippen LogP) is 8.52. The molecule has 0 aliphatic carbocycles. The van der Waals surface area contributed by atoms with Crippen molar-refractivity contribution in [3.05, 3.63) is 60.8 Å². The van der Waals surface area contributed by atoms with Crippen LogP contribution in [-0.2, 0) is 28.6 Å². The first-order valence-electron chi connectivity index (χ1n) is 19.3. The fourth-order valence-corrected chi connectivity index (χ4v) is 5.18. The lowest BCUT2D eigenvalue weighted by atomic mass is 10.1. The van der Waals surface area contributed by atoms with E-state index in [0.717, 1.165) is 103 Å². The van der Waals surface area contributed by atoms with E-state index in [0.29, 0.717) is 6.42 Å². The second-order valence-corrected chi connectivity index (χ2v) is 13.7. The van der Waals surface area contributed by atoms with Crippen molar-refractivity contribution in [2.45, 2.75) is 148 Å². The molecule has 0 aromatic carbocycles. The number of ether oxygens (including phenoxy) is 3. The SMILES string of the molecule is CC/C=C/C/C=C/C/C=C/CCCCCCC(=O)OC(COCCC(C(=O)[O-])[N+](C)(C)C)COC(=O)CCCCCCC/C=C/C/C=C/CC. The van der Waals surface area contributed by atoms with Gasteiger partial charge in [0.1, 0.15) is 12.6 Å². The zero-order valence-electron chi connectivity index (χ0n) is 32.3. The first-order chi connectivity index (χ1) is 24.1. The maximum absolute atomic E-state index is 12.6. The molecule has 0 N–H and O–H groups in total. The number of hydrogen-bond donors (Lipinski definition) is 0. The number of carboxylic acid groups (broad SMARTS) is 1. The van der Waals surface area contributed by atoms with Crippen molar-refractivity contribution in [2.75, 3.05) is 41.0 Å². The molecule has 50 heavy (non-hydrogen) atoms. The average Bonchev–Trinajstić information content (AvgIpc) is 3.06. The molecule has 0 heterocycles. The number of carbonyl (C=O) groups is 3. The molecule has 8 heteroatoms. The van der Waals surface area contributed by atoms with Crippen LogP contribution in [0, 0.1) is 0 Å². The van der Waals surface area contributed by atoms with Crippen LogP contribution in [0.2, 0.25) is 0 Å². The number of aliphatic carboxylic acids is 1. The van der Waals surface area contributed by atoms with Crippen LogP contribution in [0.15, 0.2) is 60.8 Å². The lowest BCUT2D eigenvalue weighted by molar-refractivity contribution is -0.889. The lowest BCUT2D eigenvalue weighted by Gasteiger charge is -2.34. The van der Waals surface area contributed by atoms with Crippen molar-refractivity contribution in [2.24, 2.45) is 0 Å². The number of esters is 2. The molecule has 0 saturated carbocycles. The van der Waals surface area contributed by atoms with Gasteiger partial charge in [-0.1, -0.05) is 107 Å². The zero-order valence-corrected chi connectivity index (χ0v) is 32.3. The Balaban J connectivity index is 4.49. The van der Waals surface area contributed by atoms with Crippen LogP contribution in [0.5, 0.6) is 0 Å². The number of allylic oxidation sites excluding steroid dienone is 10. The van der Waals surface area contributed by atoms with E-state index in [9.17, 15) is 19.5 Å². The van der Waals surface area contributed by atoms with E-state index in [-0.39, 0.29) is 49.1 Å². The van der Waals surface area contributed by atoms with E-state index in [1.54, 1.807) is 21.1 Å². The third-order valence-electron chi connectivity index (χ3n) is 8.15. The van der Waals surface area contributed by atoms with Gasteiger partial charge in [-0.2, -0.15) is 0 Å². The monoisotopic (exact) mass is 702 g/mol. The van der Waals surface area contributed by atoms with Gasteiger partial charge in [0.2, 0.25) is 0 Å². The minimum atomic E-state index is -1.13. The molecule has 0 bridgehead atoms. The van der Waals surface area contributed by atoms with Crippen molar-refractivity contribution in [1.82, 2.24) is 0 Å². The largest absolute Gasteiger partial charge is 0.544 e. The number of hydrogen-bond acceptors (Lipinski definition) is 7. The van der Waals surface area contributed by atoms with Crippen LogP contribution >= 0.6 is 0 Å². The maximum atomic E-state index is 12.6. The minimum absolute atomic E-state index is 0.0240. The normalized spacial score (nSPS) is 13.7. The van der Waals surface area contributed by atoms with Crippen molar-refractivity contribution in [1.29, 1.82) is 0 Å². The number of carbonyl (C=O) groups excluding carboxylic acids is 3. The second kappa shape index (κ2) is 33.2. The molecule has 8 nitrogen and oxygen atoms in total. The first kappa shape index (κ1) is 47.0. The third-order valence-corrected chi connectivity index (χ3v) is 8.15. The van der Waals surface area contributed by atoms with E-state index in [2.05, 4.69) is 74.6 Å². The molecular formula is C42H71NO7. The summed E-state index contributed by atoms with van der Waals surface area (Å²) < 4.78 is 17.0. The molecule has 286 valence electrons. The van der Waals surface area contributed by atoms with E-state index < -0.39 is 18.1 Å². The Hall–Kier alpha value is -2.97. The van der Waals surface area contributed by atoms with Gasteiger partial charge in [0.15, 0.2) is 6.10 Å². The fraction of sp³-hybridized carbons (Fsp3) is 0.690. The number of nitrogens with zero attached hydrogens (tertiary/aromatic N) is 1. The molecule has 0 spiro atoms. The van der Waals surface area contributed by atoms with Gasteiger partial charge in [0.05, 0.1) is 40.3 Å². The predicted molar refractivity (Wildman–Crippen MR) is 203 cm³/mol. The van der Waals surface area contributed by atoms with E-state index in [1.165, 1.54) is 0 Å². The first-order valence-corrected chi connectivity index (χ1v) is 19.3. The molecule has 0 radical (unpaired) electrons. The van der Waals surface area contributed by atoms with E-state index in [1.807, 2.05) is 0 Å². The fourth-order valence-electron chi connectivity index (χ4n) is 5.18. The molecule has 0 aliphatic heterocycles. The summed E-state index contributed by atoms with van der Waals surface area (Å²) in [5, 5.41) is 11.6. The Morgan fingerprint density at radius 1 is 0.600 bits per heavy atom. The molecule has 0 rings (SSSR count). The quantitative estimate of drug-likeness (QED) is 0.0293. The molecule has 0 aromatic rings. The van der Waals surface area contributed by atoms with E-state index in [4.69, 9.17) is 14.2 Å². The summed E-state index contributed by atoms with van der Waals surface area (Å²) in [6, 6.07) is -0.733. The molecule has 0 fully saturated rings. The summed E-state index contributed by atoms with van der Waals surface area (Å²) in [7, 11) is 5.38. The topological polar surface area (TPSA) is 102 Å². The Labute approximate surface area is 305 Å². The number of quaternary nitrogens is 1. The van der Waals surface area contributed by atoms with Crippen molar-refractivity contribution in [3.8, 4) is 0 Å². The minimum Gasteiger partial charge on any atom is -0.544 e. The average molecular weight is 702 g/mol. The van der Waals surface area contributed by atoms with Gasteiger partial charge in [-0.3, -0.25) is 9.59 Å². The van der Waals surface area contributed by atoms with Crippen molar-refractivity contribution in [3.63, 3.8) is 0 Å². The van der Waals surface area contributed by atoms with Crippen molar-refractivity contribution >= 4 is 17.9 Å². The van der Waals surface area contributed by atoms with Crippen LogP contribution < -0.4 is 5.11 Å². The Morgan fingerprint density at radius 2 is 1.06 bits per heavy atom. The smallest absolute Gasteiger partial charge is 0.306 e. The summed E-state index contributed by atoms with van der Waals surface area (Å²) in [5.41, 5.74) is 0. The lowest BCUT2D eigenvalue weighted by Crippen LogP contribution is -2.55. The highest BCUT2D eigenvalue weighted by Gasteiger charge is 2.25. The van der Waals surface area contributed by atoms with E-state index >= 15 is 0 Å². The third kappa shape index (κ3) is 31.0. The van der Waals surface area contributed by atoms with Gasteiger partial charge >= 0.3 is 11.9 Å². The summed E-state index contributed by atoms with van der Waals surface area (Å²) in [6.07, 6.45) is 38.2. The van der Waals surface area contributed by atoms with Crippen LogP contribution in [0.25, 0.3) is 0 Å². The second-order valence-electron chi connectivity index (χ2n) is 13.7. The van der Waals surface area contributed by atoms with Gasteiger partial charge in [0, 0.05) is 19.3 Å². The molecule has 0 aliphatic rings. The Bertz CT molecular complexity index is 1010. The summed E-state index contributed by atoms with van der Waals surface area (Å²) in [6.45, 7) is 4.37. The molecule has 2 unspecified atom stereocenters. The van der Waals surface area contributed by atoms with Gasteiger partial charge in [-0.15, -0.1) is 0 Å². The van der Waals surface area contributed by atoms with Gasteiger partial charge in [-0.25, -0.2) is 0 Å². The number of unbranched alkanes of at least 4 members (excludes halogenated alkanes) is 9. The Kier molecular flexibility index (Phi) is 31.2. The molecule has 2 atom stereocenters. The van der Waals surface area contributed by atoms with Gasteiger partial charge in [-0.05, 0) is 70.6 Å². The molecular weight excluding hydrogens is 630 g/mol. The molecule has 0 saturated heterocycles. The standard InChI is InChI=1S/C42H71NO7/c1-6-8-10-12-14-16-18-20-21-23-25-27-29-31-33-41(45)50-38(36-48-35-34-39(42(46)47)43(3,4)5)37-49-40(44)32-30-28-26-24-22-19-17-15-13-11-9-7-2/h8-11,14-17,20-21,38-39H,6-7,12-13,18-19,22-37H2,1-5H3/b10-8+,11-9+,16-14+,17-15+,21-20+. The highest BCUT2D eigenvalue weighted by molar-refractivity contribution is 5.70. The molecule has 0 aromatic heterocycles. The van der Waals surface area contributed by atoms with Crippen LogP contribution in [0.4, 0.5) is 0 Å². The van der Waals surface area contributed by atoms with Crippen molar-refractivity contribution < 1.29 is 38.2 Å². The number of rotatable bonds is 33.